The average Bonchev–Trinajstić information content (AvgIpc) is 3.40. The number of carboxylic acids is 1. The largest absolute Gasteiger partial charge is 0.480 e. The summed E-state index contributed by atoms with van der Waals surface area (Å²) in [6.45, 7) is 5.38. The van der Waals surface area contributed by atoms with Gasteiger partial charge in [-0.25, -0.2) is 14.8 Å². The van der Waals surface area contributed by atoms with E-state index in [-0.39, 0.29) is 30.5 Å². The summed E-state index contributed by atoms with van der Waals surface area (Å²) >= 11 is 5.90. The standard InChI is InChI=1S/C29H37ClN6O6/c1-29(2,3)24(27(39)36-16-19(13-21(36)28(40)41)42-22-10-9-18(30)14-33-22)35-26(38)23(17-7-5-4-6-8-17)34-25(37)20-15-31-11-12-32-20/h9-12,14-15,17,19,21,23-24H,4-8,13,16H2,1-3H3,(H,34,37)(H,35,38)(H,40,41)/t19?,21-,23-,24+/m0/s1. The lowest BCUT2D eigenvalue weighted by atomic mass is 9.82. The number of hydrogen-bond donors (Lipinski definition) is 3. The number of carboxylic acid groups (broad SMARTS) is 1. The van der Waals surface area contributed by atoms with Gasteiger partial charge in [-0.15, -0.1) is 0 Å². The maximum absolute atomic E-state index is 14.0. The molecule has 2 aromatic heterocycles. The second-order valence-corrected chi connectivity index (χ2v) is 12.3. The zero-order valence-electron chi connectivity index (χ0n) is 24.0. The number of hydrogen-bond acceptors (Lipinski definition) is 8. The molecule has 1 saturated heterocycles. The molecule has 2 aliphatic rings. The first kappa shape index (κ1) is 31.1. The first-order valence-corrected chi connectivity index (χ1v) is 14.5. The van der Waals surface area contributed by atoms with Gasteiger partial charge in [0.15, 0.2) is 0 Å². The first-order valence-electron chi connectivity index (χ1n) is 14.1. The summed E-state index contributed by atoms with van der Waals surface area (Å²) in [7, 11) is 0. The second kappa shape index (κ2) is 13.5. The van der Waals surface area contributed by atoms with Crippen LogP contribution in [0.25, 0.3) is 0 Å². The van der Waals surface area contributed by atoms with E-state index in [9.17, 15) is 24.3 Å². The lowest BCUT2D eigenvalue weighted by Gasteiger charge is -2.37. The molecule has 1 unspecified atom stereocenters. The molecular formula is C29H37ClN6O6. The predicted octanol–water partition coefficient (Wildman–Crippen LogP) is 2.87. The molecule has 4 atom stereocenters. The smallest absolute Gasteiger partial charge is 0.326 e. The number of nitrogens with one attached hydrogen (secondary N) is 2. The quantitative estimate of drug-likeness (QED) is 0.392. The van der Waals surface area contributed by atoms with E-state index in [1.807, 2.05) is 0 Å². The number of carbonyl (C=O) groups excluding carboxylic acids is 3. The van der Waals surface area contributed by atoms with E-state index >= 15 is 0 Å². The van der Waals surface area contributed by atoms with Crippen LogP contribution in [0.3, 0.4) is 0 Å². The van der Waals surface area contributed by atoms with E-state index < -0.39 is 53.3 Å². The number of likely N-dealkylation sites (tertiary alicyclic amines) is 1. The van der Waals surface area contributed by atoms with Crippen LogP contribution >= 0.6 is 11.6 Å². The van der Waals surface area contributed by atoms with Gasteiger partial charge in [-0.3, -0.25) is 19.4 Å². The van der Waals surface area contributed by atoms with Crippen LogP contribution in [0, 0.1) is 11.3 Å². The average molecular weight is 601 g/mol. The van der Waals surface area contributed by atoms with Gasteiger partial charge in [-0.2, -0.15) is 0 Å². The van der Waals surface area contributed by atoms with Gasteiger partial charge in [0.05, 0.1) is 17.8 Å². The molecule has 3 N–H and O–H groups in total. The molecule has 3 amide bonds. The maximum atomic E-state index is 14.0. The topological polar surface area (TPSA) is 164 Å². The Kier molecular flexibility index (Phi) is 9.97. The molecule has 13 heteroatoms. The van der Waals surface area contributed by atoms with Crippen LogP contribution in [0.2, 0.25) is 5.02 Å². The lowest BCUT2D eigenvalue weighted by Crippen LogP contribution is -2.61. The third-order valence-corrected chi connectivity index (χ3v) is 7.93. The van der Waals surface area contributed by atoms with Crippen LogP contribution in [0.1, 0.15) is 69.8 Å². The highest BCUT2D eigenvalue weighted by molar-refractivity contribution is 6.30. The summed E-state index contributed by atoms with van der Waals surface area (Å²) in [4.78, 5) is 66.3. The van der Waals surface area contributed by atoms with Crippen LogP contribution in [-0.2, 0) is 14.4 Å². The van der Waals surface area contributed by atoms with Gasteiger partial charge in [0, 0.05) is 31.1 Å². The number of rotatable bonds is 9. The number of aromatic nitrogens is 3. The SMILES string of the molecule is CC(C)(C)[C@H](NC(=O)[C@@H](NC(=O)c1cnccn1)C1CCCCC1)C(=O)N1CC(Oc2ccc(Cl)cn2)C[C@H]1C(=O)O. The van der Waals surface area contributed by atoms with Crippen molar-refractivity contribution < 1.29 is 29.0 Å². The fourth-order valence-electron chi connectivity index (χ4n) is 5.51. The Hall–Kier alpha value is -3.80. The highest BCUT2D eigenvalue weighted by atomic mass is 35.5. The van der Waals surface area contributed by atoms with E-state index in [0.29, 0.717) is 5.02 Å². The molecule has 4 rings (SSSR count). The van der Waals surface area contributed by atoms with E-state index in [4.69, 9.17) is 16.3 Å². The van der Waals surface area contributed by atoms with Crippen molar-refractivity contribution in [1.29, 1.82) is 0 Å². The van der Waals surface area contributed by atoms with Crippen LogP contribution in [0.15, 0.2) is 36.9 Å². The van der Waals surface area contributed by atoms with Crippen molar-refractivity contribution in [2.45, 2.75) is 83.5 Å². The Bertz CT molecular complexity index is 1270. The highest BCUT2D eigenvalue weighted by Crippen LogP contribution is 2.30. The van der Waals surface area contributed by atoms with Crippen LogP contribution in [0.4, 0.5) is 0 Å². The van der Waals surface area contributed by atoms with Gasteiger partial charge in [0.1, 0.15) is 29.9 Å². The number of carbonyl (C=O) groups is 4. The van der Waals surface area contributed by atoms with E-state index in [2.05, 4.69) is 25.6 Å². The normalized spacial score (nSPS) is 20.8. The molecule has 12 nitrogen and oxygen atoms in total. The summed E-state index contributed by atoms with van der Waals surface area (Å²) in [5, 5.41) is 16.1. The van der Waals surface area contributed by atoms with E-state index in [0.717, 1.165) is 32.1 Å². The van der Waals surface area contributed by atoms with Crippen molar-refractivity contribution in [3.05, 3.63) is 47.6 Å². The van der Waals surface area contributed by atoms with Gasteiger partial charge >= 0.3 is 5.97 Å². The van der Waals surface area contributed by atoms with Gasteiger partial charge in [-0.1, -0.05) is 51.6 Å². The molecule has 2 aromatic rings. The Balaban J connectivity index is 1.54. The van der Waals surface area contributed by atoms with Gasteiger partial charge in [-0.05, 0) is 30.2 Å². The first-order chi connectivity index (χ1) is 19.9. The summed E-state index contributed by atoms with van der Waals surface area (Å²) in [5.41, 5.74) is -0.699. The summed E-state index contributed by atoms with van der Waals surface area (Å²) < 4.78 is 5.87. The molecule has 1 saturated carbocycles. The summed E-state index contributed by atoms with van der Waals surface area (Å²) in [5.74, 6) is -2.61. The predicted molar refractivity (Wildman–Crippen MR) is 153 cm³/mol. The van der Waals surface area contributed by atoms with Crippen molar-refractivity contribution in [2.75, 3.05) is 6.54 Å². The second-order valence-electron chi connectivity index (χ2n) is 11.9. The highest BCUT2D eigenvalue weighted by Gasteiger charge is 2.46. The molecule has 42 heavy (non-hydrogen) atoms. The molecule has 3 heterocycles. The monoisotopic (exact) mass is 600 g/mol. The van der Waals surface area contributed by atoms with Crippen LogP contribution < -0.4 is 15.4 Å². The molecule has 1 aliphatic heterocycles. The number of halogens is 1. The molecule has 226 valence electrons. The maximum Gasteiger partial charge on any atom is 0.326 e. The van der Waals surface area contributed by atoms with Crippen molar-refractivity contribution in [3.8, 4) is 5.88 Å². The van der Waals surface area contributed by atoms with E-state index in [1.54, 1.807) is 32.9 Å². The van der Waals surface area contributed by atoms with Crippen molar-refractivity contribution in [1.82, 2.24) is 30.5 Å². The fourth-order valence-corrected chi connectivity index (χ4v) is 5.62. The zero-order chi connectivity index (χ0) is 30.4. The van der Waals surface area contributed by atoms with Crippen LogP contribution in [-0.4, -0.2) is 79.4 Å². The minimum Gasteiger partial charge on any atom is -0.480 e. The molecule has 0 radical (unpaired) electrons. The van der Waals surface area contributed by atoms with Crippen molar-refractivity contribution >= 4 is 35.3 Å². The number of aliphatic carboxylic acids is 1. The van der Waals surface area contributed by atoms with Crippen molar-refractivity contribution in [2.24, 2.45) is 11.3 Å². The Morgan fingerprint density at radius 1 is 1.05 bits per heavy atom. The minimum atomic E-state index is -1.17. The lowest BCUT2D eigenvalue weighted by molar-refractivity contribution is -0.151. The third kappa shape index (κ3) is 7.72. The number of ether oxygens (including phenoxy) is 1. The zero-order valence-corrected chi connectivity index (χ0v) is 24.7. The fraction of sp³-hybridized carbons (Fsp3) is 0.552. The third-order valence-electron chi connectivity index (χ3n) is 7.70. The number of amides is 3. The molecule has 0 spiro atoms. The molecular weight excluding hydrogens is 564 g/mol. The van der Waals surface area contributed by atoms with Crippen molar-refractivity contribution in [3.63, 3.8) is 0 Å². The molecule has 0 bridgehead atoms. The van der Waals surface area contributed by atoms with Gasteiger partial charge in [0.25, 0.3) is 5.91 Å². The van der Waals surface area contributed by atoms with E-state index in [1.165, 1.54) is 29.7 Å². The van der Waals surface area contributed by atoms with Crippen LogP contribution in [0.5, 0.6) is 5.88 Å². The molecule has 1 aliphatic carbocycles. The molecule has 2 fully saturated rings. The minimum absolute atomic E-state index is 0.00196. The Morgan fingerprint density at radius 2 is 1.79 bits per heavy atom. The summed E-state index contributed by atoms with van der Waals surface area (Å²) in [6.07, 6.45) is 9.41. The van der Waals surface area contributed by atoms with Gasteiger partial charge in [0.2, 0.25) is 17.7 Å². The number of pyridine rings is 1. The Labute approximate surface area is 249 Å². The number of nitrogens with zero attached hydrogens (tertiary/aromatic N) is 4. The van der Waals surface area contributed by atoms with Gasteiger partial charge < -0.3 is 25.4 Å². The summed E-state index contributed by atoms with van der Waals surface area (Å²) in [6, 6.07) is 0.0498. The molecule has 0 aromatic carbocycles. The Morgan fingerprint density at radius 3 is 2.38 bits per heavy atom.